The van der Waals surface area contributed by atoms with E-state index in [0.29, 0.717) is 22.9 Å². The Hall–Kier alpha value is -1.74. The number of hydrogen-bond donors (Lipinski definition) is 0. The number of rotatable bonds is 8. The first kappa shape index (κ1) is 21.0. The number of sulfone groups is 2. The van der Waals surface area contributed by atoms with Gasteiger partial charge in [0.05, 0.1) is 21.3 Å². The lowest BCUT2D eigenvalue weighted by atomic mass is 10.3. The van der Waals surface area contributed by atoms with Gasteiger partial charge in [-0.3, -0.25) is 9.80 Å². The van der Waals surface area contributed by atoms with Gasteiger partial charge < -0.3 is 0 Å². The minimum atomic E-state index is -3.27. The molecule has 0 atom stereocenters. The Bertz CT molecular complexity index is 872. The van der Waals surface area contributed by atoms with Crippen molar-refractivity contribution >= 4 is 19.7 Å². The van der Waals surface area contributed by atoms with Gasteiger partial charge in [0.25, 0.3) is 0 Å². The SMILES string of the molecule is O=S(=O)(CCN1CCN(CCS(=O)(=O)c2ccccc2)CC1)c1ccccc1. The summed E-state index contributed by atoms with van der Waals surface area (Å²) in [6, 6.07) is 17.0. The second-order valence-corrected chi connectivity index (χ2v) is 11.2. The molecule has 0 N–H and O–H groups in total. The molecule has 0 aliphatic carbocycles. The van der Waals surface area contributed by atoms with Crippen LogP contribution < -0.4 is 0 Å². The van der Waals surface area contributed by atoms with E-state index >= 15 is 0 Å². The zero-order chi connectivity index (χ0) is 20.0. The smallest absolute Gasteiger partial charge is 0.179 e. The molecule has 0 aromatic heterocycles. The first-order chi connectivity index (χ1) is 13.4. The third kappa shape index (κ3) is 5.64. The van der Waals surface area contributed by atoms with Crippen molar-refractivity contribution in [2.75, 3.05) is 50.8 Å². The molecule has 1 saturated heterocycles. The third-order valence-electron chi connectivity index (χ3n) is 5.02. The van der Waals surface area contributed by atoms with Crippen LogP contribution in [0.4, 0.5) is 0 Å². The van der Waals surface area contributed by atoms with Gasteiger partial charge in [-0.25, -0.2) is 16.8 Å². The number of piperazine rings is 1. The van der Waals surface area contributed by atoms with Crippen LogP contribution in [0.3, 0.4) is 0 Å². The molecular formula is C20H26N2O4S2. The maximum atomic E-state index is 12.4. The third-order valence-corrected chi connectivity index (χ3v) is 8.44. The normalized spacial score (nSPS) is 16.9. The molecular weight excluding hydrogens is 396 g/mol. The zero-order valence-corrected chi connectivity index (χ0v) is 17.4. The van der Waals surface area contributed by atoms with Gasteiger partial charge in [-0.1, -0.05) is 36.4 Å². The van der Waals surface area contributed by atoms with Crippen LogP contribution in [0.25, 0.3) is 0 Å². The molecule has 0 saturated carbocycles. The summed E-state index contributed by atoms with van der Waals surface area (Å²) < 4.78 is 49.5. The molecule has 6 nitrogen and oxygen atoms in total. The first-order valence-corrected chi connectivity index (χ1v) is 12.7. The first-order valence-electron chi connectivity index (χ1n) is 9.37. The van der Waals surface area contributed by atoms with Crippen LogP contribution in [0, 0.1) is 0 Å². The fraction of sp³-hybridized carbons (Fsp3) is 0.400. The molecule has 1 heterocycles. The van der Waals surface area contributed by atoms with Gasteiger partial charge in [-0.2, -0.15) is 0 Å². The van der Waals surface area contributed by atoms with Crippen molar-refractivity contribution in [3.8, 4) is 0 Å². The van der Waals surface area contributed by atoms with Crippen LogP contribution in [-0.2, 0) is 19.7 Å². The highest BCUT2D eigenvalue weighted by Gasteiger charge is 2.22. The van der Waals surface area contributed by atoms with Gasteiger partial charge in [0.1, 0.15) is 0 Å². The Morgan fingerprint density at radius 1 is 0.571 bits per heavy atom. The van der Waals surface area contributed by atoms with E-state index in [-0.39, 0.29) is 11.5 Å². The van der Waals surface area contributed by atoms with E-state index in [9.17, 15) is 16.8 Å². The Balaban J connectivity index is 1.44. The molecule has 3 rings (SSSR count). The van der Waals surface area contributed by atoms with E-state index < -0.39 is 19.7 Å². The molecule has 2 aromatic carbocycles. The van der Waals surface area contributed by atoms with Gasteiger partial charge in [0.2, 0.25) is 0 Å². The highest BCUT2D eigenvalue weighted by atomic mass is 32.2. The molecule has 1 aliphatic rings. The molecule has 0 amide bonds. The summed E-state index contributed by atoms with van der Waals surface area (Å²) in [5.41, 5.74) is 0. The van der Waals surface area contributed by atoms with Gasteiger partial charge in [0, 0.05) is 39.3 Å². The van der Waals surface area contributed by atoms with Crippen molar-refractivity contribution in [2.24, 2.45) is 0 Å². The minimum Gasteiger partial charge on any atom is -0.300 e. The van der Waals surface area contributed by atoms with E-state index in [1.54, 1.807) is 60.7 Å². The maximum Gasteiger partial charge on any atom is 0.179 e. The van der Waals surface area contributed by atoms with E-state index in [4.69, 9.17) is 0 Å². The van der Waals surface area contributed by atoms with Crippen molar-refractivity contribution in [3.05, 3.63) is 60.7 Å². The van der Waals surface area contributed by atoms with Crippen LogP contribution in [0.2, 0.25) is 0 Å². The highest BCUT2D eigenvalue weighted by Crippen LogP contribution is 2.13. The van der Waals surface area contributed by atoms with E-state index in [0.717, 1.165) is 26.2 Å². The Morgan fingerprint density at radius 3 is 1.21 bits per heavy atom. The van der Waals surface area contributed by atoms with Gasteiger partial charge in [-0.05, 0) is 24.3 Å². The van der Waals surface area contributed by atoms with Crippen LogP contribution in [0.1, 0.15) is 0 Å². The fourth-order valence-electron chi connectivity index (χ4n) is 3.23. The molecule has 0 unspecified atom stereocenters. The minimum absolute atomic E-state index is 0.0966. The van der Waals surface area contributed by atoms with Crippen molar-refractivity contribution in [1.29, 1.82) is 0 Å². The van der Waals surface area contributed by atoms with Crippen molar-refractivity contribution in [2.45, 2.75) is 9.79 Å². The summed E-state index contributed by atoms with van der Waals surface area (Å²) in [6.07, 6.45) is 0. The maximum absolute atomic E-state index is 12.4. The largest absolute Gasteiger partial charge is 0.300 e. The summed E-state index contributed by atoms with van der Waals surface area (Å²) >= 11 is 0. The summed E-state index contributed by atoms with van der Waals surface area (Å²) in [5, 5.41) is 0. The summed E-state index contributed by atoms with van der Waals surface area (Å²) in [6.45, 7) is 3.97. The van der Waals surface area contributed by atoms with Crippen molar-refractivity contribution in [3.63, 3.8) is 0 Å². The molecule has 28 heavy (non-hydrogen) atoms. The number of hydrogen-bond acceptors (Lipinski definition) is 6. The average molecular weight is 423 g/mol. The van der Waals surface area contributed by atoms with Crippen LogP contribution in [-0.4, -0.2) is 77.4 Å². The average Bonchev–Trinajstić information content (AvgIpc) is 2.73. The zero-order valence-electron chi connectivity index (χ0n) is 15.8. The summed E-state index contributed by atoms with van der Waals surface area (Å²) in [7, 11) is -6.54. The summed E-state index contributed by atoms with van der Waals surface area (Å²) in [5.74, 6) is 0.193. The molecule has 0 bridgehead atoms. The topological polar surface area (TPSA) is 74.8 Å². The Kier molecular flexibility index (Phi) is 6.87. The quantitative estimate of drug-likeness (QED) is 0.643. The predicted molar refractivity (Wildman–Crippen MR) is 110 cm³/mol. The molecule has 2 aromatic rings. The Labute approximate surface area is 167 Å². The second kappa shape index (κ2) is 9.17. The lowest BCUT2D eigenvalue weighted by Gasteiger charge is -2.34. The second-order valence-electron chi connectivity index (χ2n) is 6.95. The number of nitrogens with zero attached hydrogens (tertiary/aromatic N) is 2. The Morgan fingerprint density at radius 2 is 0.893 bits per heavy atom. The van der Waals surface area contributed by atoms with Crippen LogP contribution >= 0.6 is 0 Å². The molecule has 0 radical (unpaired) electrons. The van der Waals surface area contributed by atoms with Gasteiger partial charge in [0.15, 0.2) is 19.7 Å². The van der Waals surface area contributed by atoms with Gasteiger partial charge >= 0.3 is 0 Å². The van der Waals surface area contributed by atoms with E-state index in [1.807, 2.05) is 0 Å². The van der Waals surface area contributed by atoms with E-state index in [1.165, 1.54) is 0 Å². The van der Waals surface area contributed by atoms with Crippen molar-refractivity contribution in [1.82, 2.24) is 9.80 Å². The monoisotopic (exact) mass is 422 g/mol. The predicted octanol–water partition coefficient (Wildman–Crippen LogP) is 1.55. The van der Waals surface area contributed by atoms with Crippen molar-refractivity contribution < 1.29 is 16.8 Å². The molecule has 1 fully saturated rings. The highest BCUT2D eigenvalue weighted by molar-refractivity contribution is 7.91. The summed E-state index contributed by atoms with van der Waals surface area (Å²) in [4.78, 5) is 4.98. The fourth-order valence-corrected chi connectivity index (χ4v) is 5.84. The van der Waals surface area contributed by atoms with Crippen LogP contribution in [0.15, 0.2) is 70.5 Å². The molecule has 152 valence electrons. The standard InChI is InChI=1S/C20H26N2O4S2/c23-27(24,19-7-3-1-4-8-19)17-15-21-11-13-22(14-12-21)16-18-28(25,26)20-9-5-2-6-10-20/h1-10H,11-18H2. The van der Waals surface area contributed by atoms with E-state index in [2.05, 4.69) is 9.80 Å². The molecule has 0 spiro atoms. The van der Waals surface area contributed by atoms with Crippen LogP contribution in [0.5, 0.6) is 0 Å². The molecule has 1 aliphatic heterocycles. The lowest BCUT2D eigenvalue weighted by Crippen LogP contribution is -2.48. The lowest BCUT2D eigenvalue weighted by molar-refractivity contribution is 0.143. The number of benzene rings is 2. The van der Waals surface area contributed by atoms with Gasteiger partial charge in [-0.15, -0.1) is 0 Å². The molecule has 8 heteroatoms.